The lowest BCUT2D eigenvalue weighted by Gasteiger charge is -2.18. The van der Waals surface area contributed by atoms with Gasteiger partial charge in [0.15, 0.2) is 6.61 Å². The Morgan fingerprint density at radius 1 is 1.42 bits per heavy atom. The number of carbonyl (C=O) groups excluding carboxylic acids is 2. The molecule has 0 aromatic carbocycles. The van der Waals surface area contributed by atoms with E-state index in [0.717, 1.165) is 0 Å². The molecular weight excluding hydrogens is 270 g/mol. The van der Waals surface area contributed by atoms with Gasteiger partial charge in [-0.3, -0.25) is 14.4 Å². The first kappa shape index (κ1) is 15.4. The Bertz CT molecular complexity index is 497. The van der Waals surface area contributed by atoms with E-state index in [9.17, 15) is 9.59 Å². The largest absolute Gasteiger partial charge is 0.368 e. The molecule has 0 aliphatic carbocycles. The number of primary amides is 1. The van der Waals surface area contributed by atoms with Crippen molar-refractivity contribution in [3.8, 4) is 0 Å². The van der Waals surface area contributed by atoms with Gasteiger partial charge in [0.25, 0.3) is 5.91 Å². The highest BCUT2D eigenvalue weighted by Crippen LogP contribution is 2.23. The summed E-state index contributed by atoms with van der Waals surface area (Å²) in [6, 6.07) is 3.04. The predicted octanol–water partition coefficient (Wildman–Crippen LogP) is 1.18. The second-order valence-corrected chi connectivity index (χ2v) is 5.39. The third-order valence-electron chi connectivity index (χ3n) is 2.20. The number of halogens is 1. The Morgan fingerprint density at radius 3 is 2.58 bits per heavy atom. The highest BCUT2D eigenvalue weighted by atomic mass is 35.5. The molecule has 0 bridgehead atoms. The molecule has 0 aliphatic rings. The van der Waals surface area contributed by atoms with Crippen LogP contribution < -0.4 is 11.2 Å². The van der Waals surface area contributed by atoms with Crippen LogP contribution in [0.5, 0.6) is 0 Å². The lowest BCUT2D eigenvalue weighted by atomic mass is 9.91. The molecule has 0 atom stereocenters. The Hall–Kier alpha value is -1.66. The zero-order valence-electron chi connectivity index (χ0n) is 11.0. The van der Waals surface area contributed by atoms with Gasteiger partial charge in [-0.2, -0.15) is 0 Å². The van der Waals surface area contributed by atoms with E-state index < -0.39 is 18.4 Å². The van der Waals surface area contributed by atoms with E-state index in [4.69, 9.17) is 17.3 Å². The van der Waals surface area contributed by atoms with E-state index in [1.807, 2.05) is 20.8 Å². The Kier molecular flexibility index (Phi) is 4.85. The van der Waals surface area contributed by atoms with Gasteiger partial charge < -0.3 is 5.73 Å². The molecule has 0 saturated heterocycles. The predicted molar refractivity (Wildman–Crippen MR) is 70.6 cm³/mol. The Labute approximate surface area is 116 Å². The number of hydroxylamine groups is 1. The van der Waals surface area contributed by atoms with Crippen LogP contribution in [0.4, 0.5) is 0 Å². The number of nitrogens with one attached hydrogen (secondary N) is 1. The highest BCUT2D eigenvalue weighted by molar-refractivity contribution is 6.29. The van der Waals surface area contributed by atoms with E-state index in [2.05, 4.69) is 15.3 Å². The van der Waals surface area contributed by atoms with Crippen LogP contribution in [0.3, 0.4) is 0 Å². The third kappa shape index (κ3) is 4.84. The SMILES string of the molecule is CC(C)(C)c1cc(C(=O)NOCC(N)=O)cc(Cl)n1. The summed E-state index contributed by atoms with van der Waals surface area (Å²) in [6.07, 6.45) is 0. The van der Waals surface area contributed by atoms with Crippen LogP contribution in [0.1, 0.15) is 36.8 Å². The maximum Gasteiger partial charge on any atom is 0.275 e. The zero-order chi connectivity index (χ0) is 14.6. The number of amides is 2. The molecule has 1 aromatic rings. The fraction of sp³-hybridized carbons (Fsp3) is 0.417. The van der Waals surface area contributed by atoms with E-state index in [1.165, 1.54) is 6.07 Å². The number of pyridine rings is 1. The van der Waals surface area contributed by atoms with Crippen molar-refractivity contribution in [2.75, 3.05) is 6.61 Å². The lowest BCUT2D eigenvalue weighted by molar-refractivity contribution is -0.124. The molecular formula is C12H16ClN3O3. The van der Waals surface area contributed by atoms with Crippen molar-refractivity contribution in [2.24, 2.45) is 5.73 Å². The summed E-state index contributed by atoms with van der Waals surface area (Å²) in [6.45, 7) is 5.47. The third-order valence-corrected chi connectivity index (χ3v) is 2.40. The van der Waals surface area contributed by atoms with Gasteiger partial charge in [0, 0.05) is 16.7 Å². The number of nitrogens with two attached hydrogens (primary N) is 1. The summed E-state index contributed by atoms with van der Waals surface area (Å²) in [5, 5.41) is 0.215. The monoisotopic (exact) mass is 285 g/mol. The second kappa shape index (κ2) is 5.99. The van der Waals surface area contributed by atoms with Gasteiger partial charge in [0.05, 0.1) is 0 Å². The van der Waals surface area contributed by atoms with Crippen molar-refractivity contribution in [2.45, 2.75) is 26.2 Å². The van der Waals surface area contributed by atoms with Crippen LogP contribution in [0.25, 0.3) is 0 Å². The van der Waals surface area contributed by atoms with Crippen molar-refractivity contribution in [3.05, 3.63) is 28.5 Å². The standard InChI is InChI=1S/C12H16ClN3O3/c1-12(2,3)8-4-7(5-9(13)15-8)11(18)16-19-6-10(14)17/h4-5H,6H2,1-3H3,(H2,14,17)(H,16,18). The molecule has 1 rings (SSSR count). The molecule has 1 heterocycles. The summed E-state index contributed by atoms with van der Waals surface area (Å²) < 4.78 is 0. The van der Waals surface area contributed by atoms with E-state index in [0.29, 0.717) is 11.3 Å². The van der Waals surface area contributed by atoms with Gasteiger partial charge in [-0.05, 0) is 12.1 Å². The quantitative estimate of drug-likeness (QED) is 0.641. The average Bonchev–Trinajstić information content (AvgIpc) is 2.26. The van der Waals surface area contributed by atoms with E-state index >= 15 is 0 Å². The fourth-order valence-electron chi connectivity index (χ4n) is 1.24. The van der Waals surface area contributed by atoms with Crippen LogP contribution in [-0.4, -0.2) is 23.4 Å². The molecule has 0 radical (unpaired) electrons. The van der Waals surface area contributed by atoms with Gasteiger partial charge in [-0.1, -0.05) is 32.4 Å². The van der Waals surface area contributed by atoms with Crippen molar-refractivity contribution < 1.29 is 14.4 Å². The van der Waals surface area contributed by atoms with Crippen LogP contribution in [-0.2, 0) is 15.0 Å². The maximum absolute atomic E-state index is 11.8. The zero-order valence-corrected chi connectivity index (χ0v) is 11.7. The minimum Gasteiger partial charge on any atom is -0.368 e. The maximum atomic E-state index is 11.8. The first-order valence-electron chi connectivity index (χ1n) is 5.58. The number of hydrogen-bond donors (Lipinski definition) is 2. The van der Waals surface area contributed by atoms with E-state index in [-0.39, 0.29) is 10.6 Å². The summed E-state index contributed by atoms with van der Waals surface area (Å²) >= 11 is 5.88. The number of rotatable bonds is 4. The summed E-state index contributed by atoms with van der Waals surface area (Å²) in [5.74, 6) is -1.19. The molecule has 0 aliphatic heterocycles. The molecule has 0 fully saturated rings. The molecule has 2 amide bonds. The Morgan fingerprint density at radius 2 is 2.05 bits per heavy atom. The smallest absolute Gasteiger partial charge is 0.275 e. The summed E-state index contributed by atoms with van der Waals surface area (Å²) in [5.41, 5.74) is 7.73. The minimum absolute atomic E-state index is 0.215. The van der Waals surface area contributed by atoms with Crippen molar-refractivity contribution in [3.63, 3.8) is 0 Å². The molecule has 104 valence electrons. The van der Waals surface area contributed by atoms with Gasteiger partial charge in [0.2, 0.25) is 5.91 Å². The van der Waals surface area contributed by atoms with Crippen LogP contribution in [0, 0.1) is 0 Å². The topological polar surface area (TPSA) is 94.3 Å². The van der Waals surface area contributed by atoms with Crippen molar-refractivity contribution >= 4 is 23.4 Å². The molecule has 3 N–H and O–H groups in total. The number of aromatic nitrogens is 1. The number of nitrogens with zero attached hydrogens (tertiary/aromatic N) is 1. The number of carbonyl (C=O) groups is 2. The Balaban J connectivity index is 2.86. The highest BCUT2D eigenvalue weighted by Gasteiger charge is 2.19. The second-order valence-electron chi connectivity index (χ2n) is 5.00. The fourth-order valence-corrected chi connectivity index (χ4v) is 1.45. The average molecular weight is 286 g/mol. The van der Waals surface area contributed by atoms with Gasteiger partial charge >= 0.3 is 0 Å². The summed E-state index contributed by atoms with van der Waals surface area (Å²) in [7, 11) is 0. The normalized spacial score (nSPS) is 11.2. The summed E-state index contributed by atoms with van der Waals surface area (Å²) in [4.78, 5) is 31.1. The van der Waals surface area contributed by atoms with Gasteiger partial charge in [-0.15, -0.1) is 0 Å². The molecule has 0 spiro atoms. The molecule has 0 saturated carbocycles. The van der Waals surface area contributed by atoms with Crippen LogP contribution >= 0.6 is 11.6 Å². The van der Waals surface area contributed by atoms with Gasteiger partial charge in [0.1, 0.15) is 5.15 Å². The van der Waals surface area contributed by atoms with Crippen molar-refractivity contribution in [1.82, 2.24) is 10.5 Å². The molecule has 6 nitrogen and oxygen atoms in total. The molecule has 0 unspecified atom stereocenters. The van der Waals surface area contributed by atoms with Crippen molar-refractivity contribution in [1.29, 1.82) is 0 Å². The van der Waals surface area contributed by atoms with Crippen LogP contribution in [0.2, 0.25) is 5.15 Å². The molecule has 1 aromatic heterocycles. The minimum atomic E-state index is -0.677. The van der Waals surface area contributed by atoms with E-state index in [1.54, 1.807) is 6.07 Å². The first-order chi connectivity index (χ1) is 8.70. The van der Waals surface area contributed by atoms with Crippen LogP contribution in [0.15, 0.2) is 12.1 Å². The molecule has 7 heteroatoms. The number of hydrogen-bond acceptors (Lipinski definition) is 4. The first-order valence-corrected chi connectivity index (χ1v) is 5.96. The van der Waals surface area contributed by atoms with Gasteiger partial charge in [-0.25, -0.2) is 10.5 Å². The molecule has 19 heavy (non-hydrogen) atoms. The lowest BCUT2D eigenvalue weighted by Crippen LogP contribution is -2.29.